The number of rotatable bonds is 9. The Morgan fingerprint density at radius 2 is 1.47 bits per heavy atom. The Hall–Kier alpha value is -4.16. The summed E-state index contributed by atoms with van der Waals surface area (Å²) < 4.78 is 87.4. The topological polar surface area (TPSA) is 69.0 Å². The van der Waals surface area contributed by atoms with Gasteiger partial charge in [0.05, 0.1) is 37.5 Å². The predicted molar refractivity (Wildman–Crippen MR) is 150 cm³/mol. The van der Waals surface area contributed by atoms with E-state index in [9.17, 15) is 26.3 Å². The summed E-state index contributed by atoms with van der Waals surface area (Å²) in [5.41, 5.74) is 0.723. The molecule has 0 unspecified atom stereocenters. The molecule has 13 heteroatoms. The summed E-state index contributed by atoms with van der Waals surface area (Å²) in [6, 6.07) is 11.1. The van der Waals surface area contributed by atoms with Crippen molar-refractivity contribution in [3.05, 3.63) is 82.2 Å². The molecule has 0 saturated carbocycles. The summed E-state index contributed by atoms with van der Waals surface area (Å²) >= 11 is 0. The Labute approximate surface area is 245 Å². The van der Waals surface area contributed by atoms with E-state index in [-0.39, 0.29) is 42.5 Å². The summed E-state index contributed by atoms with van der Waals surface area (Å²) in [4.78, 5) is 7.50. The SMILES string of the molecule is COc1ccc(C(C)C)cc1-c1ccc(C(C)C)nc1CN(Cc1cc(C(F)(F)F)cc(C(F)(F)F)c1)c1nnn(C)n1. The first-order valence-electron chi connectivity index (χ1n) is 13.5. The van der Waals surface area contributed by atoms with Gasteiger partial charge >= 0.3 is 12.4 Å². The largest absolute Gasteiger partial charge is 0.496 e. The van der Waals surface area contributed by atoms with Gasteiger partial charge in [0, 0.05) is 23.4 Å². The van der Waals surface area contributed by atoms with E-state index in [4.69, 9.17) is 9.72 Å². The number of hydrogen-bond acceptors (Lipinski definition) is 6. The molecule has 4 rings (SSSR count). The van der Waals surface area contributed by atoms with E-state index < -0.39 is 23.5 Å². The summed E-state index contributed by atoms with van der Waals surface area (Å²) in [5.74, 6) is 0.846. The van der Waals surface area contributed by atoms with Crippen LogP contribution in [-0.4, -0.2) is 32.3 Å². The van der Waals surface area contributed by atoms with Gasteiger partial charge in [0.15, 0.2) is 0 Å². The molecule has 0 saturated heterocycles. The third-order valence-electron chi connectivity index (χ3n) is 6.91. The third-order valence-corrected chi connectivity index (χ3v) is 6.91. The normalized spacial score (nSPS) is 12.3. The van der Waals surface area contributed by atoms with Crippen molar-refractivity contribution in [3.8, 4) is 16.9 Å². The van der Waals surface area contributed by atoms with Crippen molar-refractivity contribution in [2.45, 2.75) is 65.0 Å². The molecule has 4 aromatic rings. The van der Waals surface area contributed by atoms with Gasteiger partial charge in [-0.05, 0) is 64.6 Å². The Bertz CT molecular complexity index is 1550. The fourth-order valence-electron chi connectivity index (χ4n) is 4.61. The van der Waals surface area contributed by atoms with Crippen molar-refractivity contribution in [3.63, 3.8) is 0 Å². The van der Waals surface area contributed by atoms with Crippen molar-refractivity contribution >= 4 is 5.95 Å². The first-order valence-corrected chi connectivity index (χ1v) is 13.5. The third kappa shape index (κ3) is 7.44. The molecule has 0 spiro atoms. The molecule has 2 aromatic heterocycles. The lowest BCUT2D eigenvalue weighted by Crippen LogP contribution is -2.25. The van der Waals surface area contributed by atoms with Crippen LogP contribution in [0, 0.1) is 0 Å². The predicted octanol–water partition coefficient (Wildman–Crippen LogP) is 7.77. The molecular weight excluding hydrogens is 574 g/mol. The highest BCUT2D eigenvalue weighted by molar-refractivity contribution is 5.74. The van der Waals surface area contributed by atoms with E-state index in [1.54, 1.807) is 7.11 Å². The van der Waals surface area contributed by atoms with Crippen molar-refractivity contribution in [1.82, 2.24) is 25.2 Å². The average molecular weight is 607 g/mol. The minimum atomic E-state index is -4.98. The number of alkyl halides is 6. The molecule has 0 aliphatic carbocycles. The van der Waals surface area contributed by atoms with E-state index >= 15 is 0 Å². The Kier molecular flexibility index (Phi) is 9.02. The van der Waals surface area contributed by atoms with Crippen molar-refractivity contribution in [2.24, 2.45) is 7.05 Å². The van der Waals surface area contributed by atoms with E-state index in [0.29, 0.717) is 29.1 Å². The number of nitrogens with zero attached hydrogens (tertiary/aromatic N) is 6. The van der Waals surface area contributed by atoms with Crippen LogP contribution in [0.25, 0.3) is 11.1 Å². The monoisotopic (exact) mass is 606 g/mol. The number of anilines is 1. The number of benzene rings is 2. The summed E-state index contributed by atoms with van der Waals surface area (Å²) in [6.07, 6.45) is -9.96. The van der Waals surface area contributed by atoms with Gasteiger partial charge < -0.3 is 9.64 Å². The van der Waals surface area contributed by atoms with Crippen molar-refractivity contribution in [2.75, 3.05) is 12.0 Å². The highest BCUT2D eigenvalue weighted by Gasteiger charge is 2.37. The van der Waals surface area contributed by atoms with E-state index in [0.717, 1.165) is 21.6 Å². The second-order valence-electron chi connectivity index (χ2n) is 10.8. The van der Waals surface area contributed by atoms with E-state index in [1.165, 1.54) is 11.9 Å². The quantitative estimate of drug-likeness (QED) is 0.181. The molecule has 7 nitrogen and oxygen atoms in total. The molecule has 0 amide bonds. The first-order chi connectivity index (χ1) is 20.1. The van der Waals surface area contributed by atoms with Gasteiger partial charge in [-0.15, -0.1) is 5.10 Å². The second kappa shape index (κ2) is 12.2. The Morgan fingerprint density at radius 3 is 1.98 bits per heavy atom. The van der Waals surface area contributed by atoms with Gasteiger partial charge in [-0.1, -0.05) is 44.9 Å². The molecule has 0 aliphatic heterocycles. The smallest absolute Gasteiger partial charge is 0.416 e. The molecule has 0 bridgehead atoms. The van der Waals surface area contributed by atoms with Gasteiger partial charge in [0.1, 0.15) is 5.75 Å². The van der Waals surface area contributed by atoms with Crippen molar-refractivity contribution < 1.29 is 31.1 Å². The maximum atomic E-state index is 13.6. The highest BCUT2D eigenvalue weighted by Crippen LogP contribution is 2.38. The molecule has 0 atom stereocenters. The van der Waals surface area contributed by atoms with Crippen LogP contribution in [0.4, 0.5) is 32.3 Å². The molecule has 0 N–H and O–H groups in total. The Balaban J connectivity index is 1.88. The second-order valence-corrected chi connectivity index (χ2v) is 10.8. The maximum Gasteiger partial charge on any atom is 0.416 e. The van der Waals surface area contributed by atoms with Crippen LogP contribution in [0.3, 0.4) is 0 Å². The first kappa shape index (κ1) is 31.8. The lowest BCUT2D eigenvalue weighted by atomic mass is 9.94. The zero-order chi connectivity index (χ0) is 31.7. The van der Waals surface area contributed by atoms with Crippen LogP contribution in [0.2, 0.25) is 0 Å². The van der Waals surface area contributed by atoms with Crippen LogP contribution in [0.15, 0.2) is 48.5 Å². The van der Waals surface area contributed by atoms with Crippen LogP contribution in [-0.2, 0) is 32.5 Å². The molecule has 0 radical (unpaired) electrons. The number of aryl methyl sites for hydroxylation is 1. The fourth-order valence-corrected chi connectivity index (χ4v) is 4.61. The lowest BCUT2D eigenvalue weighted by Gasteiger charge is -2.24. The molecule has 230 valence electrons. The molecule has 2 aromatic carbocycles. The zero-order valence-electron chi connectivity index (χ0n) is 24.5. The Morgan fingerprint density at radius 1 is 0.814 bits per heavy atom. The van der Waals surface area contributed by atoms with Gasteiger partial charge in [0.2, 0.25) is 0 Å². The minimum absolute atomic E-state index is 0.0130. The van der Waals surface area contributed by atoms with Crippen LogP contribution >= 0.6 is 0 Å². The van der Waals surface area contributed by atoms with Gasteiger partial charge in [-0.25, -0.2) is 0 Å². The highest BCUT2D eigenvalue weighted by atomic mass is 19.4. The summed E-state index contributed by atoms with van der Waals surface area (Å²) in [5, 5.41) is 12.0. The summed E-state index contributed by atoms with van der Waals surface area (Å²) in [7, 11) is 3.05. The lowest BCUT2D eigenvalue weighted by molar-refractivity contribution is -0.143. The number of hydrogen-bond donors (Lipinski definition) is 0. The fraction of sp³-hybridized carbons (Fsp3) is 0.400. The number of ether oxygens (including phenoxy) is 1. The molecule has 0 fully saturated rings. The van der Waals surface area contributed by atoms with Crippen LogP contribution in [0.1, 0.15) is 73.2 Å². The molecule has 2 heterocycles. The maximum absolute atomic E-state index is 13.6. The van der Waals surface area contributed by atoms with E-state index in [2.05, 4.69) is 29.3 Å². The standard InChI is InChI=1S/C30H32F6N6O/c1-17(2)20-7-10-27(43-6)24(13-20)23-8-9-25(18(3)4)37-26(23)16-42(28-38-40-41(5)39-28)15-19-11-21(29(31,32)33)14-22(12-19)30(34,35)36/h7-14,17-18H,15-16H2,1-6H3. The summed E-state index contributed by atoms with van der Waals surface area (Å²) in [6.45, 7) is 7.62. The zero-order valence-corrected chi connectivity index (χ0v) is 24.5. The van der Waals surface area contributed by atoms with E-state index in [1.807, 2.05) is 44.2 Å². The van der Waals surface area contributed by atoms with Crippen molar-refractivity contribution in [1.29, 1.82) is 0 Å². The number of aromatic nitrogens is 5. The average Bonchev–Trinajstić information content (AvgIpc) is 3.37. The molecular formula is C30H32F6N6O. The van der Waals surface area contributed by atoms with Gasteiger partial charge in [-0.2, -0.15) is 31.1 Å². The number of halogens is 6. The van der Waals surface area contributed by atoms with Gasteiger partial charge in [0.25, 0.3) is 5.95 Å². The number of pyridine rings is 1. The van der Waals surface area contributed by atoms with Gasteiger partial charge in [-0.3, -0.25) is 4.98 Å². The molecule has 43 heavy (non-hydrogen) atoms. The van der Waals surface area contributed by atoms with Crippen LogP contribution in [0.5, 0.6) is 5.75 Å². The number of methoxy groups -OCH3 is 1. The minimum Gasteiger partial charge on any atom is -0.496 e. The van der Waals surface area contributed by atoms with Crippen LogP contribution < -0.4 is 9.64 Å². The number of tetrazole rings is 1. The molecule has 0 aliphatic rings.